The quantitative estimate of drug-likeness (QED) is 0.430. The molecule has 0 atom stereocenters. The standard InChI is InChI=1S/2C7H5O.2C4H9.Sn/c2*8-6-7-4-2-1-3-5-7;2*1-3-4-2;/h2*1-5H;2*1,3-4H2,2H3;. The average molecular weight is 443 g/mol. The molecule has 25 heavy (non-hydrogen) atoms. The molecule has 0 bridgehead atoms. The maximum atomic E-state index is 13.6. The van der Waals surface area contributed by atoms with Crippen LogP contribution in [-0.4, -0.2) is 26.0 Å². The molecule has 0 aliphatic rings. The van der Waals surface area contributed by atoms with E-state index in [1.165, 1.54) is 0 Å². The normalized spacial score (nSPS) is 11.3. The molecule has 0 heterocycles. The van der Waals surface area contributed by atoms with Crippen molar-refractivity contribution in [3.63, 3.8) is 0 Å². The summed E-state index contributed by atoms with van der Waals surface area (Å²) in [5.74, 6) is 0. The van der Waals surface area contributed by atoms with Crippen LogP contribution in [-0.2, 0) is 0 Å². The van der Waals surface area contributed by atoms with E-state index in [4.69, 9.17) is 0 Å². The Morgan fingerprint density at radius 1 is 0.680 bits per heavy atom. The first kappa shape index (κ1) is 19.9. The van der Waals surface area contributed by atoms with E-state index in [2.05, 4.69) is 13.8 Å². The Balaban J connectivity index is 2.50. The van der Waals surface area contributed by atoms with Crippen LogP contribution in [0.2, 0.25) is 8.87 Å². The minimum absolute atomic E-state index is 0.186. The van der Waals surface area contributed by atoms with E-state index in [1.54, 1.807) is 0 Å². The molecule has 0 fully saturated rings. The topological polar surface area (TPSA) is 34.1 Å². The first-order valence-electron chi connectivity index (χ1n) is 9.35. The fourth-order valence-electron chi connectivity index (χ4n) is 3.37. The van der Waals surface area contributed by atoms with Crippen LogP contribution in [0.3, 0.4) is 0 Å². The van der Waals surface area contributed by atoms with Crippen LogP contribution < -0.4 is 0 Å². The molecule has 0 spiro atoms. The molecule has 0 amide bonds. The van der Waals surface area contributed by atoms with Gasteiger partial charge in [-0.15, -0.1) is 0 Å². The Morgan fingerprint density at radius 3 is 1.36 bits per heavy atom. The van der Waals surface area contributed by atoms with E-state index in [0.29, 0.717) is 0 Å². The number of rotatable bonds is 10. The third kappa shape index (κ3) is 4.81. The van der Waals surface area contributed by atoms with Crippen molar-refractivity contribution in [3.05, 3.63) is 71.8 Å². The fourth-order valence-corrected chi connectivity index (χ4v) is 16.8. The number of hydrogen-bond donors (Lipinski definition) is 0. The second-order valence-corrected chi connectivity index (χ2v) is 18.3. The molecule has 2 aromatic carbocycles. The summed E-state index contributed by atoms with van der Waals surface area (Å²) in [5.41, 5.74) is 1.46. The monoisotopic (exact) mass is 444 g/mol. The molecule has 0 aromatic heterocycles. The van der Waals surface area contributed by atoms with Gasteiger partial charge in [0.05, 0.1) is 0 Å². The Labute approximate surface area is 155 Å². The molecule has 3 heteroatoms. The van der Waals surface area contributed by atoms with Crippen LogP contribution in [0.15, 0.2) is 60.7 Å². The summed E-state index contributed by atoms with van der Waals surface area (Å²) in [6.45, 7) is 4.27. The van der Waals surface area contributed by atoms with Gasteiger partial charge < -0.3 is 0 Å². The molecule has 0 saturated carbocycles. The molecule has 0 unspecified atom stereocenters. The Bertz CT molecular complexity index is 618. The second-order valence-electron chi connectivity index (χ2n) is 6.68. The molecule has 132 valence electrons. The number of hydrogen-bond acceptors (Lipinski definition) is 2. The van der Waals surface area contributed by atoms with Crippen molar-refractivity contribution < 1.29 is 9.59 Å². The zero-order valence-corrected chi connectivity index (χ0v) is 18.2. The summed E-state index contributed by atoms with van der Waals surface area (Å²) in [6.07, 6.45) is 3.98. The molecule has 0 radical (unpaired) electrons. The Hall–Kier alpha value is -1.42. The Kier molecular flexibility index (Phi) is 7.88. The number of carbonyl (C=O) groups is 2. The summed E-state index contributed by atoms with van der Waals surface area (Å²) in [5, 5.41) is 0. The van der Waals surface area contributed by atoms with Crippen molar-refractivity contribution in [2.24, 2.45) is 0 Å². The minimum atomic E-state index is -3.75. The molecule has 0 aliphatic carbocycles. The first-order valence-corrected chi connectivity index (χ1v) is 16.2. The zero-order valence-electron chi connectivity index (χ0n) is 15.3. The van der Waals surface area contributed by atoms with Gasteiger partial charge in [0.2, 0.25) is 0 Å². The van der Waals surface area contributed by atoms with Gasteiger partial charge in [-0.25, -0.2) is 0 Å². The molecule has 2 rings (SSSR count). The summed E-state index contributed by atoms with van der Waals surface area (Å²) >= 11 is -3.75. The van der Waals surface area contributed by atoms with Gasteiger partial charge in [-0.3, -0.25) is 0 Å². The SMILES string of the molecule is CCC[CH2][Sn]([CH2]CCC)([C](=O)c1ccccc1)[C](=O)c1ccccc1. The summed E-state index contributed by atoms with van der Waals surface area (Å²) in [6, 6.07) is 19.0. The number of carbonyl (C=O) groups excluding carboxylic acids is 2. The van der Waals surface area contributed by atoms with Crippen molar-refractivity contribution in [1.29, 1.82) is 0 Å². The number of benzene rings is 2. The predicted molar refractivity (Wildman–Crippen MR) is 107 cm³/mol. The van der Waals surface area contributed by atoms with Gasteiger partial charge in [0, 0.05) is 0 Å². The van der Waals surface area contributed by atoms with Crippen LogP contribution in [0.25, 0.3) is 0 Å². The first-order chi connectivity index (χ1) is 12.2. The van der Waals surface area contributed by atoms with E-state index in [1.807, 2.05) is 60.7 Å². The van der Waals surface area contributed by atoms with Gasteiger partial charge in [0.1, 0.15) is 0 Å². The zero-order chi connectivity index (χ0) is 18.1. The Morgan fingerprint density at radius 2 is 1.04 bits per heavy atom. The summed E-state index contributed by atoms with van der Waals surface area (Å²) in [7, 11) is 0. The molecular formula is C22H28O2Sn. The van der Waals surface area contributed by atoms with Crippen molar-refractivity contribution in [2.45, 2.75) is 48.4 Å². The van der Waals surface area contributed by atoms with E-state index in [0.717, 1.165) is 45.7 Å². The van der Waals surface area contributed by atoms with E-state index >= 15 is 0 Å². The van der Waals surface area contributed by atoms with Crippen molar-refractivity contribution in [3.8, 4) is 0 Å². The van der Waals surface area contributed by atoms with Gasteiger partial charge in [0.15, 0.2) is 0 Å². The van der Waals surface area contributed by atoms with Crippen molar-refractivity contribution >= 4 is 26.0 Å². The summed E-state index contributed by atoms with van der Waals surface area (Å²) in [4.78, 5) is 27.1. The number of unbranched alkanes of at least 4 members (excludes halogenated alkanes) is 2. The van der Waals surface area contributed by atoms with Gasteiger partial charge in [-0.1, -0.05) is 0 Å². The van der Waals surface area contributed by atoms with Crippen molar-refractivity contribution in [2.75, 3.05) is 0 Å². The molecule has 0 aliphatic heterocycles. The van der Waals surface area contributed by atoms with Crippen molar-refractivity contribution in [1.82, 2.24) is 0 Å². The molecule has 0 saturated heterocycles. The van der Waals surface area contributed by atoms with Crippen LogP contribution in [0.5, 0.6) is 0 Å². The predicted octanol–water partition coefficient (Wildman–Crippen LogP) is 5.88. The molecular weight excluding hydrogens is 415 g/mol. The fraction of sp³-hybridized carbons (Fsp3) is 0.364. The summed E-state index contributed by atoms with van der Waals surface area (Å²) < 4.78 is 2.02. The van der Waals surface area contributed by atoms with Gasteiger partial charge >= 0.3 is 156 Å². The van der Waals surface area contributed by atoms with Crippen LogP contribution >= 0.6 is 0 Å². The molecule has 2 aromatic rings. The van der Waals surface area contributed by atoms with Crippen LogP contribution in [0.1, 0.15) is 60.2 Å². The third-order valence-corrected chi connectivity index (χ3v) is 18.4. The maximum absolute atomic E-state index is 13.6. The molecule has 0 N–H and O–H groups in total. The van der Waals surface area contributed by atoms with Gasteiger partial charge in [-0.05, 0) is 0 Å². The molecule has 2 nitrogen and oxygen atoms in total. The van der Waals surface area contributed by atoms with Crippen LogP contribution in [0.4, 0.5) is 0 Å². The van der Waals surface area contributed by atoms with E-state index in [9.17, 15) is 9.59 Å². The van der Waals surface area contributed by atoms with E-state index < -0.39 is 18.4 Å². The third-order valence-electron chi connectivity index (χ3n) is 4.86. The average Bonchev–Trinajstić information content (AvgIpc) is 2.69. The second kappa shape index (κ2) is 9.91. The van der Waals surface area contributed by atoms with Gasteiger partial charge in [0.25, 0.3) is 0 Å². The van der Waals surface area contributed by atoms with Crippen LogP contribution in [0, 0.1) is 0 Å². The van der Waals surface area contributed by atoms with E-state index in [-0.39, 0.29) is 7.60 Å². The van der Waals surface area contributed by atoms with Gasteiger partial charge in [-0.2, -0.15) is 0 Å².